The number of benzene rings is 1. The summed E-state index contributed by atoms with van der Waals surface area (Å²) in [6.45, 7) is 11.7. The largest absolute Gasteiger partial charge is 0.427 e. The Morgan fingerprint density at radius 1 is 0.889 bits per heavy atom. The molecule has 0 atom stereocenters. The second-order valence-electron chi connectivity index (χ2n) is 4.12. The zero-order chi connectivity index (χ0) is 14.0. The van der Waals surface area contributed by atoms with Gasteiger partial charge in [-0.05, 0) is 20.8 Å². The lowest BCUT2D eigenvalue weighted by atomic mass is 10.2. The molecule has 4 nitrogen and oxygen atoms in total. The fourth-order valence-electron chi connectivity index (χ4n) is 1.98. The van der Waals surface area contributed by atoms with Crippen molar-refractivity contribution in [3.63, 3.8) is 0 Å². The van der Waals surface area contributed by atoms with Crippen molar-refractivity contribution in [1.29, 1.82) is 0 Å². The number of halogens is 1. The van der Waals surface area contributed by atoms with Gasteiger partial charge >= 0.3 is 0 Å². The Bertz CT molecular complexity index is 291. The van der Waals surface area contributed by atoms with E-state index < -0.39 is 21.1 Å². The van der Waals surface area contributed by atoms with E-state index in [9.17, 15) is 0 Å². The third-order valence-electron chi connectivity index (χ3n) is 3.37. The van der Waals surface area contributed by atoms with Gasteiger partial charge in [0.25, 0.3) is 21.1 Å². The van der Waals surface area contributed by atoms with Crippen LogP contribution in [0.5, 0.6) is 0 Å². The van der Waals surface area contributed by atoms with Gasteiger partial charge in [0.05, 0.1) is 19.6 Å². The predicted molar refractivity (Wildman–Crippen MR) is 62.0 cm³/mol. The van der Waals surface area contributed by atoms with Crippen LogP contribution in [0.15, 0.2) is 30.3 Å². The molecule has 0 saturated heterocycles. The summed E-state index contributed by atoms with van der Waals surface area (Å²) in [6.07, 6.45) is 0. The van der Waals surface area contributed by atoms with Crippen molar-refractivity contribution in [1.82, 2.24) is 0 Å². The number of hydrogen-bond donors (Lipinski definition) is 0. The molecule has 0 bridgehead atoms. The molecule has 0 fully saturated rings. The average molecular weight is 367 g/mol. The Labute approximate surface area is 119 Å². The van der Waals surface area contributed by atoms with Crippen LogP contribution in [0.2, 0.25) is 0 Å². The Morgan fingerprint density at radius 3 is 1.61 bits per heavy atom. The van der Waals surface area contributed by atoms with Crippen LogP contribution in [0, 0.1) is 0 Å². The van der Waals surface area contributed by atoms with Crippen molar-refractivity contribution in [3.8, 4) is 0 Å². The van der Waals surface area contributed by atoms with E-state index in [1.807, 2.05) is 0 Å². The SMILES string of the molecule is CC[N+](CC)(CC)Cc1ccccc1.[O-][I+2]([O-])[O-]. The molecule has 1 aromatic rings. The molecule has 0 N–H and O–H groups in total. The van der Waals surface area contributed by atoms with E-state index in [1.165, 1.54) is 36.2 Å². The van der Waals surface area contributed by atoms with E-state index in [4.69, 9.17) is 10.3 Å². The predicted octanol–water partition coefficient (Wildman–Crippen LogP) is -3.50. The molecular weight excluding hydrogens is 345 g/mol. The van der Waals surface area contributed by atoms with E-state index in [0.29, 0.717) is 0 Å². The zero-order valence-electron chi connectivity index (χ0n) is 11.3. The van der Waals surface area contributed by atoms with Crippen LogP contribution in [-0.4, -0.2) is 24.1 Å². The lowest BCUT2D eigenvalue weighted by molar-refractivity contribution is -1.73. The van der Waals surface area contributed by atoms with Crippen molar-refractivity contribution in [3.05, 3.63) is 35.9 Å². The second kappa shape index (κ2) is 9.69. The Hall–Kier alpha value is -0.210. The van der Waals surface area contributed by atoms with Gasteiger partial charge in [-0.2, -0.15) is 0 Å². The minimum Gasteiger partial charge on any atom is -0.427 e. The average Bonchev–Trinajstić information content (AvgIpc) is 2.37. The summed E-state index contributed by atoms with van der Waals surface area (Å²) in [5, 5.41) is 0. The number of hydrogen-bond acceptors (Lipinski definition) is 3. The fraction of sp³-hybridized carbons (Fsp3) is 0.538. The van der Waals surface area contributed by atoms with E-state index in [-0.39, 0.29) is 0 Å². The van der Waals surface area contributed by atoms with Gasteiger partial charge in [0.15, 0.2) is 0 Å². The topological polar surface area (TPSA) is 69.2 Å². The molecule has 18 heavy (non-hydrogen) atoms. The maximum Gasteiger partial charge on any atom is 0.282 e. The highest BCUT2D eigenvalue weighted by molar-refractivity contribution is 5.13. The lowest BCUT2D eigenvalue weighted by Crippen LogP contribution is -4.05. The normalized spacial score (nSPS) is 11.1. The molecule has 1 rings (SSSR count). The first-order chi connectivity index (χ1) is 8.49. The number of rotatable bonds is 5. The minimum absolute atomic E-state index is 1.17. The van der Waals surface area contributed by atoms with E-state index in [0.717, 1.165) is 0 Å². The van der Waals surface area contributed by atoms with Crippen LogP contribution in [0.3, 0.4) is 0 Å². The van der Waals surface area contributed by atoms with Gasteiger partial charge in [0.1, 0.15) is 6.54 Å². The highest BCUT2D eigenvalue weighted by atomic mass is 127. The molecule has 0 heterocycles. The maximum atomic E-state index is 8.57. The van der Waals surface area contributed by atoms with Crippen LogP contribution in [0.4, 0.5) is 0 Å². The highest BCUT2D eigenvalue weighted by Gasteiger charge is 2.20. The smallest absolute Gasteiger partial charge is 0.282 e. The summed E-state index contributed by atoms with van der Waals surface area (Å²) < 4.78 is 26.9. The van der Waals surface area contributed by atoms with Crippen LogP contribution >= 0.6 is 0 Å². The van der Waals surface area contributed by atoms with Crippen LogP contribution in [0.25, 0.3) is 0 Å². The van der Waals surface area contributed by atoms with Gasteiger partial charge < -0.3 is 14.8 Å². The van der Waals surface area contributed by atoms with E-state index in [1.54, 1.807) is 0 Å². The van der Waals surface area contributed by atoms with Gasteiger partial charge in [0, 0.05) is 5.56 Å². The maximum absolute atomic E-state index is 8.57. The lowest BCUT2D eigenvalue weighted by Gasteiger charge is -2.35. The van der Waals surface area contributed by atoms with Gasteiger partial charge in [-0.1, -0.05) is 30.3 Å². The standard InChI is InChI=1S/C13H22N.IO3/c1-4-14(5-2,6-3)12-13-10-8-7-9-11-13;2-1(3)4/h7-11H,4-6,12H2,1-3H3;/q+1;-1. The molecule has 0 saturated carbocycles. The second-order valence-corrected chi connectivity index (χ2v) is 5.20. The zero-order valence-corrected chi connectivity index (χ0v) is 13.4. The molecule has 0 aliphatic rings. The first-order valence-electron chi connectivity index (χ1n) is 6.11. The molecule has 0 unspecified atom stereocenters. The minimum atomic E-state index is -4.01. The molecule has 0 aliphatic heterocycles. The van der Waals surface area contributed by atoms with Gasteiger partial charge in [-0.3, -0.25) is 0 Å². The third-order valence-corrected chi connectivity index (χ3v) is 3.37. The van der Waals surface area contributed by atoms with Crippen molar-refractivity contribution < 1.29 is 35.9 Å². The summed E-state index contributed by atoms with van der Waals surface area (Å²) in [5.74, 6) is 0. The van der Waals surface area contributed by atoms with Gasteiger partial charge in [-0.25, -0.2) is 0 Å². The summed E-state index contributed by atoms with van der Waals surface area (Å²) in [5.41, 5.74) is 1.46. The van der Waals surface area contributed by atoms with E-state index in [2.05, 4.69) is 51.1 Å². The molecule has 0 aliphatic carbocycles. The fourth-order valence-corrected chi connectivity index (χ4v) is 1.98. The number of nitrogens with zero attached hydrogens (tertiary/aromatic N) is 1. The van der Waals surface area contributed by atoms with Crippen LogP contribution in [-0.2, 0) is 6.54 Å². The Morgan fingerprint density at radius 2 is 1.28 bits per heavy atom. The molecule has 104 valence electrons. The first kappa shape index (κ1) is 17.8. The molecule has 5 heteroatoms. The molecule has 1 aromatic carbocycles. The third kappa shape index (κ3) is 7.27. The molecular formula is C13H22INO3. The molecule has 0 radical (unpaired) electrons. The van der Waals surface area contributed by atoms with E-state index >= 15 is 0 Å². The summed E-state index contributed by atoms with van der Waals surface area (Å²) in [7, 11) is 0. The monoisotopic (exact) mass is 367 g/mol. The molecule has 0 aromatic heterocycles. The first-order valence-corrected chi connectivity index (χ1v) is 8.76. The quantitative estimate of drug-likeness (QED) is 0.401. The molecule has 0 spiro atoms. The van der Waals surface area contributed by atoms with Crippen molar-refractivity contribution in [2.45, 2.75) is 27.3 Å². The van der Waals surface area contributed by atoms with Gasteiger partial charge in [0.2, 0.25) is 0 Å². The summed E-state index contributed by atoms with van der Waals surface area (Å²) in [6, 6.07) is 10.8. The summed E-state index contributed by atoms with van der Waals surface area (Å²) >= 11 is -4.01. The Balaban J connectivity index is 0.000000631. The number of quaternary nitrogens is 1. The van der Waals surface area contributed by atoms with Crippen molar-refractivity contribution >= 4 is 0 Å². The highest BCUT2D eigenvalue weighted by Crippen LogP contribution is 2.13. The van der Waals surface area contributed by atoms with Gasteiger partial charge in [-0.15, -0.1) is 0 Å². The van der Waals surface area contributed by atoms with Crippen LogP contribution in [0.1, 0.15) is 26.3 Å². The Kier molecular flexibility index (Phi) is 9.57. The van der Waals surface area contributed by atoms with Crippen LogP contribution < -0.4 is 31.4 Å². The van der Waals surface area contributed by atoms with Crippen molar-refractivity contribution in [2.75, 3.05) is 19.6 Å². The summed E-state index contributed by atoms with van der Waals surface area (Å²) in [4.78, 5) is 0. The van der Waals surface area contributed by atoms with Crippen molar-refractivity contribution in [2.24, 2.45) is 0 Å². The molecule has 0 amide bonds.